The number of amides is 1. The molecule has 1 amide bonds. The van der Waals surface area contributed by atoms with E-state index in [0.29, 0.717) is 5.57 Å². The Morgan fingerprint density at radius 3 is 2.69 bits per heavy atom. The third-order valence-corrected chi connectivity index (χ3v) is 2.04. The summed E-state index contributed by atoms with van der Waals surface area (Å²) in [6, 6.07) is 0. The molecule has 1 N–H and O–H groups in total. The number of carbonyl (C=O) groups excluding carboxylic acids is 1. The van der Waals surface area contributed by atoms with E-state index in [9.17, 15) is 4.79 Å². The number of nitrogens with one attached hydrogen (secondary N) is 1. The molecule has 0 radical (unpaired) electrons. The zero-order valence-corrected chi connectivity index (χ0v) is 7.84. The van der Waals surface area contributed by atoms with Gasteiger partial charge in [-0.1, -0.05) is 18.7 Å². The third-order valence-electron chi connectivity index (χ3n) is 2.04. The summed E-state index contributed by atoms with van der Waals surface area (Å²) in [4.78, 5) is 11.3. The molecule has 0 spiro atoms. The molecule has 0 unspecified atom stereocenters. The van der Waals surface area contributed by atoms with Crippen molar-refractivity contribution < 1.29 is 4.79 Å². The van der Waals surface area contributed by atoms with Gasteiger partial charge in [0.1, 0.15) is 0 Å². The van der Waals surface area contributed by atoms with E-state index in [1.807, 2.05) is 0 Å². The van der Waals surface area contributed by atoms with E-state index in [4.69, 9.17) is 0 Å². The van der Waals surface area contributed by atoms with Crippen LogP contribution in [0, 0.1) is 0 Å². The summed E-state index contributed by atoms with van der Waals surface area (Å²) in [7, 11) is 0. The van der Waals surface area contributed by atoms with Crippen molar-refractivity contribution in [3.8, 4) is 0 Å². The summed E-state index contributed by atoms with van der Waals surface area (Å²) in [5.41, 5.74) is 4.13. The van der Waals surface area contributed by atoms with Crippen LogP contribution < -0.4 is 5.43 Å². The maximum Gasteiger partial charge on any atom is 0.271 e. The first-order valence-corrected chi connectivity index (χ1v) is 4.42. The molecule has 1 aliphatic carbocycles. The predicted molar refractivity (Wildman–Crippen MR) is 53.4 cm³/mol. The van der Waals surface area contributed by atoms with Gasteiger partial charge in [0.05, 0.1) is 0 Å². The average molecular weight is 178 g/mol. The normalized spacial score (nSPS) is 16.1. The number of rotatable bonds is 3. The minimum atomic E-state index is -0.183. The summed E-state index contributed by atoms with van der Waals surface area (Å²) in [6.45, 7) is 5.34. The van der Waals surface area contributed by atoms with Gasteiger partial charge in [0, 0.05) is 11.3 Å². The van der Waals surface area contributed by atoms with Crippen LogP contribution in [0.5, 0.6) is 0 Å². The number of hydrazone groups is 1. The van der Waals surface area contributed by atoms with Crippen molar-refractivity contribution in [2.24, 2.45) is 5.10 Å². The molecule has 70 valence electrons. The molecular formula is C10H14N2O. The first-order chi connectivity index (χ1) is 6.27. The van der Waals surface area contributed by atoms with Gasteiger partial charge in [-0.15, -0.1) is 0 Å². The largest absolute Gasteiger partial charge is 0.271 e. The second-order valence-electron chi connectivity index (χ2n) is 2.92. The number of carbonyl (C=O) groups is 1. The van der Waals surface area contributed by atoms with Crippen molar-refractivity contribution in [1.29, 1.82) is 0 Å². The number of hydrogen-bond donors (Lipinski definition) is 1. The van der Waals surface area contributed by atoms with Crippen LogP contribution >= 0.6 is 0 Å². The molecular weight excluding hydrogens is 164 g/mol. The van der Waals surface area contributed by atoms with Gasteiger partial charge in [0.15, 0.2) is 0 Å². The SMILES string of the molecule is C=C/C(=C\C)C(=O)NN=C1CCC1. The van der Waals surface area contributed by atoms with Gasteiger partial charge in [-0.05, 0) is 26.2 Å². The van der Waals surface area contributed by atoms with E-state index in [-0.39, 0.29) is 5.91 Å². The molecule has 0 saturated heterocycles. The number of allylic oxidation sites excluding steroid dienone is 1. The molecule has 1 rings (SSSR count). The van der Waals surface area contributed by atoms with Crippen molar-refractivity contribution in [3.63, 3.8) is 0 Å². The Morgan fingerprint density at radius 1 is 1.62 bits per heavy atom. The predicted octanol–water partition coefficient (Wildman–Crippen LogP) is 1.77. The molecule has 3 nitrogen and oxygen atoms in total. The highest BCUT2D eigenvalue weighted by Gasteiger charge is 2.10. The van der Waals surface area contributed by atoms with E-state index in [1.165, 1.54) is 12.5 Å². The van der Waals surface area contributed by atoms with Gasteiger partial charge in [-0.2, -0.15) is 5.10 Å². The lowest BCUT2D eigenvalue weighted by atomic mass is 9.98. The lowest BCUT2D eigenvalue weighted by Gasteiger charge is -2.13. The first-order valence-electron chi connectivity index (χ1n) is 4.42. The van der Waals surface area contributed by atoms with E-state index in [2.05, 4.69) is 17.1 Å². The fraction of sp³-hybridized carbons (Fsp3) is 0.400. The zero-order valence-electron chi connectivity index (χ0n) is 7.84. The topological polar surface area (TPSA) is 41.5 Å². The molecule has 0 aromatic heterocycles. The van der Waals surface area contributed by atoms with Crippen LogP contribution in [0.3, 0.4) is 0 Å². The van der Waals surface area contributed by atoms with Crippen molar-refractivity contribution >= 4 is 11.6 Å². The third kappa shape index (κ3) is 2.54. The van der Waals surface area contributed by atoms with Gasteiger partial charge in [0.2, 0.25) is 0 Å². The summed E-state index contributed by atoms with van der Waals surface area (Å²) in [5, 5.41) is 3.97. The average Bonchev–Trinajstić information content (AvgIpc) is 2.04. The van der Waals surface area contributed by atoms with Gasteiger partial charge < -0.3 is 0 Å². The minimum Gasteiger partial charge on any atom is -0.267 e. The Hall–Kier alpha value is -1.38. The Balaban J connectivity index is 2.44. The van der Waals surface area contributed by atoms with E-state index >= 15 is 0 Å². The molecule has 1 saturated carbocycles. The highest BCUT2D eigenvalue weighted by Crippen LogP contribution is 2.13. The summed E-state index contributed by atoms with van der Waals surface area (Å²) in [6.07, 6.45) is 6.45. The van der Waals surface area contributed by atoms with Gasteiger partial charge in [-0.25, -0.2) is 5.43 Å². The summed E-state index contributed by atoms with van der Waals surface area (Å²) in [5.74, 6) is -0.183. The van der Waals surface area contributed by atoms with Crippen molar-refractivity contribution in [2.45, 2.75) is 26.2 Å². The molecule has 1 aliphatic rings. The maximum atomic E-state index is 11.3. The summed E-state index contributed by atoms with van der Waals surface area (Å²) >= 11 is 0. The Kier molecular flexibility index (Phi) is 3.43. The van der Waals surface area contributed by atoms with Crippen LogP contribution in [-0.2, 0) is 4.79 Å². The van der Waals surface area contributed by atoms with Crippen LogP contribution in [0.15, 0.2) is 29.4 Å². The van der Waals surface area contributed by atoms with E-state index in [1.54, 1.807) is 13.0 Å². The van der Waals surface area contributed by atoms with Crippen LogP contribution in [-0.4, -0.2) is 11.6 Å². The van der Waals surface area contributed by atoms with Crippen molar-refractivity contribution in [1.82, 2.24) is 5.43 Å². The van der Waals surface area contributed by atoms with Crippen LogP contribution in [0.1, 0.15) is 26.2 Å². The second kappa shape index (κ2) is 4.60. The van der Waals surface area contributed by atoms with Crippen molar-refractivity contribution in [2.75, 3.05) is 0 Å². The van der Waals surface area contributed by atoms with Crippen molar-refractivity contribution in [3.05, 3.63) is 24.3 Å². The van der Waals surface area contributed by atoms with E-state index < -0.39 is 0 Å². The quantitative estimate of drug-likeness (QED) is 0.399. The van der Waals surface area contributed by atoms with Crippen LogP contribution in [0.25, 0.3) is 0 Å². The van der Waals surface area contributed by atoms with Crippen LogP contribution in [0.2, 0.25) is 0 Å². The lowest BCUT2D eigenvalue weighted by molar-refractivity contribution is -0.117. The molecule has 1 fully saturated rings. The van der Waals surface area contributed by atoms with Crippen LogP contribution in [0.4, 0.5) is 0 Å². The highest BCUT2D eigenvalue weighted by molar-refractivity contribution is 5.97. The molecule has 0 heterocycles. The number of nitrogens with zero attached hydrogens (tertiary/aromatic N) is 1. The first kappa shape index (κ1) is 9.71. The second-order valence-corrected chi connectivity index (χ2v) is 2.92. The number of hydrogen-bond acceptors (Lipinski definition) is 2. The zero-order chi connectivity index (χ0) is 9.68. The molecule has 0 aliphatic heterocycles. The monoisotopic (exact) mass is 178 g/mol. The molecule has 0 bridgehead atoms. The van der Waals surface area contributed by atoms with Gasteiger partial charge >= 0.3 is 0 Å². The minimum absolute atomic E-state index is 0.183. The molecule has 0 aromatic carbocycles. The van der Waals surface area contributed by atoms with Gasteiger partial charge in [0.25, 0.3) is 5.91 Å². The molecule has 0 atom stereocenters. The van der Waals surface area contributed by atoms with E-state index in [0.717, 1.165) is 18.6 Å². The Morgan fingerprint density at radius 2 is 2.31 bits per heavy atom. The summed E-state index contributed by atoms with van der Waals surface area (Å²) < 4.78 is 0. The molecule has 3 heteroatoms. The highest BCUT2D eigenvalue weighted by atomic mass is 16.2. The Labute approximate surface area is 78.2 Å². The smallest absolute Gasteiger partial charge is 0.267 e. The fourth-order valence-corrected chi connectivity index (χ4v) is 0.983. The van der Waals surface area contributed by atoms with Gasteiger partial charge in [-0.3, -0.25) is 4.79 Å². The molecule has 13 heavy (non-hydrogen) atoms. The Bertz CT molecular complexity index is 271. The maximum absolute atomic E-state index is 11.3. The lowest BCUT2D eigenvalue weighted by Crippen LogP contribution is -2.23. The fourth-order valence-electron chi connectivity index (χ4n) is 0.983. The standard InChI is InChI=1S/C10H14N2O/c1-3-8(4-2)10(13)12-11-9-6-5-7-9/h3-4H,1,5-7H2,2H3,(H,12,13)/b8-4+. The molecule has 0 aromatic rings.